The first-order chi connectivity index (χ1) is 14.8. The third-order valence-corrected chi connectivity index (χ3v) is 6.91. The Bertz CT molecular complexity index is 1010. The van der Waals surface area contributed by atoms with Crippen LogP contribution in [0.4, 0.5) is 0 Å². The van der Waals surface area contributed by atoms with Gasteiger partial charge in [0.15, 0.2) is 11.5 Å². The Morgan fingerprint density at radius 2 is 1.71 bits per heavy atom. The lowest BCUT2D eigenvalue weighted by atomic mass is 10.1. The number of rotatable bonds is 7. The molecule has 31 heavy (non-hydrogen) atoms. The lowest BCUT2D eigenvalue weighted by Gasteiger charge is -2.34. The van der Waals surface area contributed by atoms with Gasteiger partial charge >= 0.3 is 0 Å². The van der Waals surface area contributed by atoms with Crippen LogP contribution in [0.2, 0.25) is 0 Å². The number of sulfonamides is 1. The van der Waals surface area contributed by atoms with E-state index in [1.807, 2.05) is 26.0 Å². The molecular formula is C22H28N2O6S. The molecule has 1 saturated heterocycles. The van der Waals surface area contributed by atoms with Crippen molar-refractivity contribution in [3.63, 3.8) is 0 Å². The van der Waals surface area contributed by atoms with Crippen molar-refractivity contribution in [2.75, 3.05) is 27.3 Å². The average Bonchev–Trinajstić information content (AvgIpc) is 2.76. The second-order valence-corrected chi connectivity index (χ2v) is 9.38. The predicted octanol–water partition coefficient (Wildman–Crippen LogP) is 2.43. The lowest BCUT2D eigenvalue weighted by Crippen LogP contribution is -2.48. The van der Waals surface area contributed by atoms with E-state index in [0.29, 0.717) is 30.2 Å². The molecule has 3 rings (SSSR count). The Balaban J connectivity index is 1.69. The van der Waals surface area contributed by atoms with E-state index in [4.69, 9.17) is 14.2 Å². The van der Waals surface area contributed by atoms with Crippen LogP contribution >= 0.6 is 0 Å². The van der Waals surface area contributed by atoms with Gasteiger partial charge in [0.25, 0.3) is 5.91 Å². The van der Waals surface area contributed by atoms with Crippen LogP contribution in [-0.2, 0) is 21.3 Å². The molecule has 0 spiro atoms. The van der Waals surface area contributed by atoms with Crippen molar-refractivity contribution in [1.29, 1.82) is 0 Å². The minimum atomic E-state index is -3.65. The zero-order valence-corrected chi connectivity index (χ0v) is 18.9. The van der Waals surface area contributed by atoms with Crippen LogP contribution in [0.5, 0.6) is 11.5 Å². The van der Waals surface area contributed by atoms with Gasteiger partial charge in [-0.15, -0.1) is 0 Å². The average molecular weight is 449 g/mol. The Kier molecular flexibility index (Phi) is 7.19. The van der Waals surface area contributed by atoms with E-state index in [1.54, 1.807) is 13.2 Å². The van der Waals surface area contributed by atoms with Crippen molar-refractivity contribution >= 4 is 15.9 Å². The van der Waals surface area contributed by atoms with Gasteiger partial charge in [-0.05, 0) is 44.2 Å². The Morgan fingerprint density at radius 3 is 2.29 bits per heavy atom. The molecule has 0 aliphatic carbocycles. The summed E-state index contributed by atoms with van der Waals surface area (Å²) < 4.78 is 43.6. The van der Waals surface area contributed by atoms with Crippen LogP contribution in [0.25, 0.3) is 0 Å². The largest absolute Gasteiger partial charge is 0.493 e. The Labute approximate surface area is 183 Å². The number of nitrogens with one attached hydrogen (secondary N) is 1. The van der Waals surface area contributed by atoms with E-state index < -0.39 is 10.0 Å². The molecule has 0 bridgehead atoms. The lowest BCUT2D eigenvalue weighted by molar-refractivity contribution is -0.0440. The zero-order chi connectivity index (χ0) is 22.6. The smallest absolute Gasteiger partial charge is 0.251 e. The molecule has 9 heteroatoms. The van der Waals surface area contributed by atoms with Crippen LogP contribution in [0.1, 0.15) is 29.8 Å². The fourth-order valence-electron chi connectivity index (χ4n) is 3.62. The molecule has 0 aromatic heterocycles. The number of hydrogen-bond acceptors (Lipinski definition) is 6. The number of morpholine rings is 1. The van der Waals surface area contributed by atoms with E-state index in [9.17, 15) is 13.2 Å². The highest BCUT2D eigenvalue weighted by Gasteiger charge is 2.32. The highest BCUT2D eigenvalue weighted by atomic mass is 32.2. The van der Waals surface area contributed by atoms with Crippen LogP contribution in [0.15, 0.2) is 47.4 Å². The van der Waals surface area contributed by atoms with Crippen molar-refractivity contribution in [3.05, 3.63) is 53.6 Å². The van der Waals surface area contributed by atoms with E-state index in [1.165, 1.54) is 35.7 Å². The monoisotopic (exact) mass is 448 g/mol. The fraction of sp³-hybridized carbons (Fsp3) is 0.409. The van der Waals surface area contributed by atoms with Crippen molar-refractivity contribution < 1.29 is 27.4 Å². The summed E-state index contributed by atoms with van der Waals surface area (Å²) in [5.74, 6) is 0.818. The van der Waals surface area contributed by atoms with Crippen molar-refractivity contribution in [2.24, 2.45) is 0 Å². The molecule has 2 atom stereocenters. The molecule has 2 aromatic rings. The summed E-state index contributed by atoms with van der Waals surface area (Å²) in [6.07, 6.45) is -0.339. The number of benzene rings is 2. The maximum Gasteiger partial charge on any atom is 0.251 e. The van der Waals surface area contributed by atoms with Crippen LogP contribution in [0.3, 0.4) is 0 Å². The number of para-hydroxylation sites is 1. The first kappa shape index (κ1) is 23.1. The molecule has 1 amide bonds. The highest BCUT2D eigenvalue weighted by Crippen LogP contribution is 2.30. The van der Waals surface area contributed by atoms with Crippen molar-refractivity contribution in [3.8, 4) is 11.5 Å². The number of carbonyl (C=O) groups excluding carboxylic acids is 1. The minimum absolute atomic E-state index is 0.153. The number of methoxy groups -OCH3 is 2. The van der Waals surface area contributed by atoms with Crippen LogP contribution in [-0.4, -0.2) is 58.1 Å². The summed E-state index contributed by atoms with van der Waals surface area (Å²) >= 11 is 0. The topological polar surface area (TPSA) is 94.2 Å². The third kappa shape index (κ3) is 5.17. The van der Waals surface area contributed by atoms with Gasteiger partial charge in [-0.2, -0.15) is 4.31 Å². The molecule has 1 fully saturated rings. The number of nitrogens with zero attached hydrogens (tertiary/aromatic N) is 1. The summed E-state index contributed by atoms with van der Waals surface area (Å²) in [7, 11) is -0.561. The molecule has 0 saturated carbocycles. The van der Waals surface area contributed by atoms with E-state index in [-0.39, 0.29) is 29.6 Å². The Hall–Kier alpha value is -2.62. The van der Waals surface area contributed by atoms with Crippen molar-refractivity contribution in [2.45, 2.75) is 37.5 Å². The second kappa shape index (κ2) is 9.67. The summed E-state index contributed by atoms with van der Waals surface area (Å²) in [5.41, 5.74) is 1.13. The van der Waals surface area contributed by atoms with Crippen molar-refractivity contribution in [1.82, 2.24) is 9.62 Å². The maximum absolute atomic E-state index is 12.9. The number of ether oxygens (including phenoxy) is 3. The zero-order valence-electron chi connectivity index (χ0n) is 18.1. The summed E-state index contributed by atoms with van der Waals surface area (Å²) in [6.45, 7) is 4.54. The standard InChI is InChI=1S/C22H28N2O6S/c1-15-13-24(14-16(2)30-15)31(26,27)19-10-8-17(9-11-19)22(25)23-12-18-6-5-7-20(28-3)21(18)29-4/h5-11,15-16H,12-14H2,1-4H3,(H,23,25). The van der Waals surface area contributed by atoms with Gasteiger partial charge < -0.3 is 19.5 Å². The van der Waals surface area contributed by atoms with Gasteiger partial charge in [-0.1, -0.05) is 12.1 Å². The first-order valence-corrected chi connectivity index (χ1v) is 11.4. The van der Waals surface area contributed by atoms with Gasteiger partial charge in [-0.3, -0.25) is 4.79 Å². The maximum atomic E-state index is 12.9. The Morgan fingerprint density at radius 1 is 1.06 bits per heavy atom. The molecule has 168 valence electrons. The van der Waals surface area contributed by atoms with Crippen LogP contribution in [0, 0.1) is 0 Å². The number of hydrogen-bond donors (Lipinski definition) is 1. The summed E-state index contributed by atoms with van der Waals surface area (Å²) in [4.78, 5) is 12.7. The van der Waals surface area contributed by atoms with Crippen LogP contribution < -0.4 is 14.8 Å². The molecule has 1 heterocycles. The minimum Gasteiger partial charge on any atom is -0.493 e. The highest BCUT2D eigenvalue weighted by molar-refractivity contribution is 7.89. The second-order valence-electron chi connectivity index (χ2n) is 7.44. The molecule has 2 unspecified atom stereocenters. The van der Waals surface area contributed by atoms with E-state index >= 15 is 0 Å². The van der Waals surface area contributed by atoms with Gasteiger partial charge in [0, 0.05) is 30.8 Å². The van der Waals surface area contributed by atoms with E-state index in [0.717, 1.165) is 5.56 Å². The summed E-state index contributed by atoms with van der Waals surface area (Å²) in [6, 6.07) is 11.4. The van der Waals surface area contributed by atoms with Gasteiger partial charge in [0.1, 0.15) is 0 Å². The normalized spacial score (nSPS) is 19.6. The third-order valence-electron chi connectivity index (χ3n) is 5.06. The van der Waals surface area contributed by atoms with E-state index in [2.05, 4.69) is 5.32 Å². The summed E-state index contributed by atoms with van der Waals surface area (Å²) in [5, 5.41) is 2.82. The molecule has 0 radical (unpaired) electrons. The predicted molar refractivity (Wildman–Crippen MR) is 116 cm³/mol. The van der Waals surface area contributed by atoms with Gasteiger partial charge in [-0.25, -0.2) is 8.42 Å². The van der Waals surface area contributed by atoms with Gasteiger partial charge in [0.2, 0.25) is 10.0 Å². The number of carbonyl (C=O) groups is 1. The first-order valence-electron chi connectivity index (χ1n) is 10.00. The molecular weight excluding hydrogens is 420 g/mol. The molecule has 1 aliphatic heterocycles. The molecule has 8 nitrogen and oxygen atoms in total. The molecule has 2 aromatic carbocycles. The number of amides is 1. The molecule has 1 aliphatic rings. The SMILES string of the molecule is COc1cccc(CNC(=O)c2ccc(S(=O)(=O)N3CC(C)OC(C)C3)cc2)c1OC. The molecule has 1 N–H and O–H groups in total. The fourth-order valence-corrected chi connectivity index (χ4v) is 5.22. The van der Waals surface area contributed by atoms with Gasteiger partial charge in [0.05, 0.1) is 31.3 Å². The quantitative estimate of drug-likeness (QED) is 0.699.